The Morgan fingerprint density at radius 2 is 1.90 bits per heavy atom. The maximum absolute atomic E-state index is 10.8. The summed E-state index contributed by atoms with van der Waals surface area (Å²) in [6.07, 6.45) is 8.26. The van der Waals surface area contributed by atoms with Gasteiger partial charge in [-0.25, -0.2) is 0 Å². The van der Waals surface area contributed by atoms with Crippen LogP contribution in [0.4, 0.5) is 0 Å². The maximum atomic E-state index is 10.8. The first-order chi connectivity index (χ1) is 9.76. The highest BCUT2D eigenvalue weighted by Crippen LogP contribution is 2.44. The van der Waals surface area contributed by atoms with E-state index < -0.39 is 6.29 Å². The summed E-state index contributed by atoms with van der Waals surface area (Å²) in [5.74, 6) is 0.514. The Morgan fingerprint density at radius 1 is 1.33 bits per heavy atom. The molecule has 1 rings (SSSR count). The molecule has 0 saturated heterocycles. The standard InChI is InChI=1S/C19H36O2/c1-7-8-11-19(12-9-10-13-19)21-17(20)18(6,16(4)5)14-15(2)3/h15,17,20H,4,7-14H2,1-3,5-6H3. The second-order valence-electron chi connectivity index (χ2n) is 7.76. The van der Waals surface area contributed by atoms with E-state index in [0.717, 1.165) is 31.3 Å². The van der Waals surface area contributed by atoms with E-state index >= 15 is 0 Å². The van der Waals surface area contributed by atoms with Crippen LogP contribution in [-0.4, -0.2) is 17.0 Å². The largest absolute Gasteiger partial charge is 0.367 e. The summed E-state index contributed by atoms with van der Waals surface area (Å²) in [4.78, 5) is 0. The molecule has 1 saturated carbocycles. The average Bonchev–Trinajstić information content (AvgIpc) is 2.84. The van der Waals surface area contributed by atoms with Gasteiger partial charge in [0.15, 0.2) is 6.29 Å². The van der Waals surface area contributed by atoms with Crippen LogP contribution in [0.15, 0.2) is 12.2 Å². The Hall–Kier alpha value is -0.340. The third kappa shape index (κ3) is 4.82. The van der Waals surface area contributed by atoms with Crippen LogP contribution >= 0.6 is 0 Å². The first-order valence-corrected chi connectivity index (χ1v) is 8.77. The van der Waals surface area contributed by atoms with E-state index in [4.69, 9.17) is 4.74 Å². The Labute approximate surface area is 132 Å². The molecule has 2 atom stereocenters. The van der Waals surface area contributed by atoms with Gasteiger partial charge in [0.25, 0.3) is 0 Å². The van der Waals surface area contributed by atoms with Crippen LogP contribution in [0.5, 0.6) is 0 Å². The third-order valence-electron chi connectivity index (χ3n) is 5.21. The number of unbranched alkanes of at least 4 members (excludes halogenated alkanes) is 1. The Morgan fingerprint density at radius 3 is 2.33 bits per heavy atom. The van der Waals surface area contributed by atoms with E-state index in [1.165, 1.54) is 25.7 Å². The molecule has 0 bridgehead atoms. The number of rotatable bonds is 9. The summed E-state index contributed by atoms with van der Waals surface area (Å²) in [6.45, 7) is 14.8. The van der Waals surface area contributed by atoms with Crippen molar-refractivity contribution in [2.24, 2.45) is 11.3 Å². The van der Waals surface area contributed by atoms with Crippen molar-refractivity contribution in [2.45, 2.75) is 97.9 Å². The van der Waals surface area contributed by atoms with E-state index in [1.807, 2.05) is 6.92 Å². The van der Waals surface area contributed by atoms with Crippen molar-refractivity contribution in [1.82, 2.24) is 0 Å². The predicted octanol–water partition coefficient (Wildman–Crippen LogP) is 5.45. The molecule has 0 heterocycles. The van der Waals surface area contributed by atoms with Gasteiger partial charge < -0.3 is 9.84 Å². The molecule has 1 N–H and O–H groups in total. The smallest absolute Gasteiger partial charge is 0.164 e. The maximum Gasteiger partial charge on any atom is 0.164 e. The van der Waals surface area contributed by atoms with Gasteiger partial charge in [0.2, 0.25) is 0 Å². The van der Waals surface area contributed by atoms with Gasteiger partial charge in [0, 0.05) is 5.41 Å². The SMILES string of the molecule is C=C(C)C(C)(CC(C)C)C(O)OC1(CCCC)CCCC1. The van der Waals surface area contributed by atoms with Crippen molar-refractivity contribution >= 4 is 0 Å². The molecular formula is C19H36O2. The van der Waals surface area contributed by atoms with Gasteiger partial charge in [0.05, 0.1) is 5.60 Å². The van der Waals surface area contributed by atoms with E-state index in [-0.39, 0.29) is 11.0 Å². The number of aliphatic hydroxyl groups excluding tert-OH is 1. The Kier molecular flexibility index (Phi) is 6.93. The molecule has 1 aliphatic rings. The average molecular weight is 296 g/mol. The van der Waals surface area contributed by atoms with Gasteiger partial charge in [-0.1, -0.05) is 65.5 Å². The van der Waals surface area contributed by atoms with Crippen LogP contribution < -0.4 is 0 Å². The number of ether oxygens (including phenoxy) is 1. The summed E-state index contributed by atoms with van der Waals surface area (Å²) >= 11 is 0. The molecule has 0 aromatic heterocycles. The minimum atomic E-state index is -0.743. The Bertz CT molecular complexity index is 328. The summed E-state index contributed by atoms with van der Waals surface area (Å²) in [5, 5.41) is 10.8. The molecule has 2 nitrogen and oxygen atoms in total. The van der Waals surface area contributed by atoms with Gasteiger partial charge in [-0.2, -0.15) is 0 Å². The zero-order chi connectivity index (χ0) is 16.1. The van der Waals surface area contributed by atoms with Crippen LogP contribution in [0.2, 0.25) is 0 Å². The second-order valence-corrected chi connectivity index (χ2v) is 7.76. The minimum Gasteiger partial charge on any atom is -0.367 e. The first kappa shape index (κ1) is 18.7. The highest BCUT2D eigenvalue weighted by molar-refractivity contribution is 5.08. The predicted molar refractivity (Wildman–Crippen MR) is 90.2 cm³/mol. The van der Waals surface area contributed by atoms with E-state index in [0.29, 0.717) is 5.92 Å². The van der Waals surface area contributed by atoms with Crippen molar-refractivity contribution in [3.05, 3.63) is 12.2 Å². The van der Waals surface area contributed by atoms with Gasteiger partial charge in [0.1, 0.15) is 0 Å². The lowest BCUT2D eigenvalue weighted by Gasteiger charge is -2.42. The molecule has 0 aromatic carbocycles. The zero-order valence-corrected chi connectivity index (χ0v) is 14.9. The highest BCUT2D eigenvalue weighted by atomic mass is 16.6. The van der Waals surface area contributed by atoms with E-state index in [1.54, 1.807) is 0 Å². The fraction of sp³-hybridized carbons (Fsp3) is 0.895. The molecule has 1 fully saturated rings. The number of hydrogen-bond acceptors (Lipinski definition) is 2. The van der Waals surface area contributed by atoms with Crippen molar-refractivity contribution in [3.63, 3.8) is 0 Å². The topological polar surface area (TPSA) is 29.5 Å². The fourth-order valence-electron chi connectivity index (χ4n) is 3.65. The fourth-order valence-corrected chi connectivity index (χ4v) is 3.65. The van der Waals surface area contributed by atoms with Crippen molar-refractivity contribution < 1.29 is 9.84 Å². The van der Waals surface area contributed by atoms with Crippen molar-refractivity contribution in [3.8, 4) is 0 Å². The molecule has 0 spiro atoms. The Balaban J connectivity index is 2.83. The van der Waals surface area contributed by atoms with Gasteiger partial charge in [-0.05, 0) is 38.5 Å². The molecule has 124 valence electrons. The highest BCUT2D eigenvalue weighted by Gasteiger charge is 2.43. The van der Waals surface area contributed by atoms with Crippen molar-refractivity contribution in [2.75, 3.05) is 0 Å². The van der Waals surface area contributed by atoms with Gasteiger partial charge in [-0.3, -0.25) is 0 Å². The van der Waals surface area contributed by atoms with E-state index in [9.17, 15) is 5.11 Å². The summed E-state index contributed by atoms with van der Waals surface area (Å²) in [7, 11) is 0. The van der Waals surface area contributed by atoms with Crippen LogP contribution in [0.1, 0.15) is 86.0 Å². The molecule has 2 heteroatoms. The van der Waals surface area contributed by atoms with Gasteiger partial charge >= 0.3 is 0 Å². The summed E-state index contributed by atoms with van der Waals surface area (Å²) < 4.78 is 6.32. The van der Waals surface area contributed by atoms with Crippen molar-refractivity contribution in [1.29, 1.82) is 0 Å². The second kappa shape index (κ2) is 7.78. The molecule has 0 radical (unpaired) electrons. The van der Waals surface area contributed by atoms with Gasteiger partial charge in [-0.15, -0.1) is 0 Å². The lowest BCUT2D eigenvalue weighted by Crippen LogP contribution is -2.43. The summed E-state index contributed by atoms with van der Waals surface area (Å²) in [5.41, 5.74) is 0.575. The molecule has 0 aromatic rings. The zero-order valence-electron chi connectivity index (χ0n) is 14.9. The van der Waals surface area contributed by atoms with E-state index in [2.05, 4.69) is 34.3 Å². The molecular weight excluding hydrogens is 260 g/mol. The minimum absolute atomic E-state index is 0.0941. The molecule has 2 unspecified atom stereocenters. The molecule has 21 heavy (non-hydrogen) atoms. The monoisotopic (exact) mass is 296 g/mol. The molecule has 1 aliphatic carbocycles. The molecule has 0 amide bonds. The number of aliphatic hydroxyl groups is 1. The normalized spacial score (nSPS) is 22.2. The van der Waals surface area contributed by atoms with Crippen LogP contribution in [0.3, 0.4) is 0 Å². The number of hydrogen-bond donors (Lipinski definition) is 1. The van der Waals surface area contributed by atoms with Crippen LogP contribution in [0, 0.1) is 11.3 Å². The lowest BCUT2D eigenvalue weighted by atomic mass is 9.76. The quantitative estimate of drug-likeness (QED) is 0.452. The summed E-state index contributed by atoms with van der Waals surface area (Å²) in [6, 6.07) is 0. The van der Waals surface area contributed by atoms with Crippen LogP contribution in [-0.2, 0) is 4.74 Å². The third-order valence-corrected chi connectivity index (χ3v) is 5.21. The molecule has 0 aliphatic heterocycles. The lowest BCUT2D eigenvalue weighted by molar-refractivity contribution is -0.230. The van der Waals surface area contributed by atoms with Crippen LogP contribution in [0.25, 0.3) is 0 Å². The first-order valence-electron chi connectivity index (χ1n) is 8.77.